The van der Waals surface area contributed by atoms with Crippen molar-refractivity contribution in [3.63, 3.8) is 0 Å². The highest BCUT2D eigenvalue weighted by Gasteiger charge is 2.47. The third-order valence-corrected chi connectivity index (χ3v) is 6.89. The molecule has 154 valence electrons. The van der Waals surface area contributed by atoms with E-state index in [4.69, 9.17) is 0 Å². The molecule has 0 radical (unpaired) electrons. The third kappa shape index (κ3) is 3.34. The lowest BCUT2D eigenvalue weighted by Gasteiger charge is -2.43. The van der Waals surface area contributed by atoms with Gasteiger partial charge in [-0.1, -0.05) is 6.92 Å². The summed E-state index contributed by atoms with van der Waals surface area (Å²) in [6.07, 6.45) is 8.86. The number of rotatable bonds is 4. The second-order valence-electron chi connectivity index (χ2n) is 8.79. The average molecular weight is 388 g/mol. The third-order valence-electron chi connectivity index (χ3n) is 6.89. The number of hydrogen-bond acceptors (Lipinski definition) is 4. The van der Waals surface area contributed by atoms with Crippen molar-refractivity contribution >= 4 is 11.8 Å². The smallest absolute Gasteiger partial charge is 0.228 e. The van der Waals surface area contributed by atoms with E-state index in [2.05, 4.69) is 28.8 Å². The molecule has 7 heteroatoms. The van der Waals surface area contributed by atoms with Crippen LogP contribution in [-0.4, -0.2) is 74.8 Å². The molecule has 2 bridgehead atoms. The lowest BCUT2D eigenvalue weighted by molar-refractivity contribution is -0.150. The van der Waals surface area contributed by atoms with Gasteiger partial charge in [0.1, 0.15) is 0 Å². The van der Waals surface area contributed by atoms with Gasteiger partial charge < -0.3 is 19.3 Å². The van der Waals surface area contributed by atoms with Crippen LogP contribution in [0.1, 0.15) is 57.2 Å². The van der Waals surface area contributed by atoms with E-state index < -0.39 is 0 Å². The van der Waals surface area contributed by atoms with Gasteiger partial charge in [-0.15, -0.1) is 0 Å². The molecular weight excluding hydrogens is 354 g/mol. The van der Waals surface area contributed by atoms with Crippen molar-refractivity contribution in [3.8, 4) is 0 Å². The number of piperidine rings is 1. The fraction of sp³-hybridized carbons (Fsp3) is 0.762. The summed E-state index contributed by atoms with van der Waals surface area (Å²) in [6.45, 7) is 4.79. The number of likely N-dealkylation sites (tertiary alicyclic amines) is 2. The molecule has 7 nitrogen and oxygen atoms in total. The van der Waals surface area contributed by atoms with Gasteiger partial charge in [0.15, 0.2) is 0 Å². The molecule has 0 spiro atoms. The van der Waals surface area contributed by atoms with Gasteiger partial charge in [0.05, 0.1) is 30.2 Å². The lowest BCUT2D eigenvalue weighted by atomic mass is 9.85. The second kappa shape index (κ2) is 7.85. The first-order valence-electron chi connectivity index (χ1n) is 10.8. The van der Waals surface area contributed by atoms with E-state index in [0.29, 0.717) is 31.5 Å². The Balaban J connectivity index is 1.67. The minimum absolute atomic E-state index is 0.163. The second-order valence-corrected chi connectivity index (χ2v) is 8.79. The Morgan fingerprint density at radius 3 is 2.68 bits per heavy atom. The summed E-state index contributed by atoms with van der Waals surface area (Å²) in [7, 11) is 4.11. The molecular formula is C21H33N5O2. The SMILES string of the molecule is CCCN1C(=O)CC[C@H](C(=O)N2[C@@H]3CC[C@H]2CN(C)CC3)[C@H]1c1cncn1C. The minimum atomic E-state index is -0.207. The molecule has 0 aliphatic carbocycles. The number of aryl methyl sites for hydroxylation is 1. The topological polar surface area (TPSA) is 61.7 Å². The van der Waals surface area contributed by atoms with Crippen molar-refractivity contribution in [2.75, 3.05) is 26.7 Å². The van der Waals surface area contributed by atoms with Crippen LogP contribution < -0.4 is 0 Å². The van der Waals surface area contributed by atoms with Crippen LogP contribution >= 0.6 is 0 Å². The molecule has 0 aromatic carbocycles. The Morgan fingerprint density at radius 2 is 1.96 bits per heavy atom. The van der Waals surface area contributed by atoms with Crippen LogP contribution in [0.15, 0.2) is 12.5 Å². The molecule has 3 aliphatic heterocycles. The molecule has 4 rings (SSSR count). The van der Waals surface area contributed by atoms with Gasteiger partial charge >= 0.3 is 0 Å². The quantitative estimate of drug-likeness (QED) is 0.790. The number of imidazole rings is 1. The maximum Gasteiger partial charge on any atom is 0.228 e. The van der Waals surface area contributed by atoms with Crippen molar-refractivity contribution < 1.29 is 9.59 Å². The molecule has 1 aromatic rings. The first kappa shape index (κ1) is 19.4. The van der Waals surface area contributed by atoms with Gasteiger partial charge in [-0.25, -0.2) is 4.98 Å². The normalized spacial score (nSPS) is 31.3. The summed E-state index contributed by atoms with van der Waals surface area (Å²) >= 11 is 0. The molecule has 0 unspecified atom stereocenters. The molecule has 28 heavy (non-hydrogen) atoms. The van der Waals surface area contributed by atoms with Crippen LogP contribution in [-0.2, 0) is 16.6 Å². The number of likely N-dealkylation sites (N-methyl/N-ethyl adjacent to an activating group) is 1. The standard InChI is InChI=1S/C21H33N5O2/c1-4-10-25-19(27)8-7-17(20(25)18-12-22-14-24(18)3)21(28)26-15-5-6-16(26)13-23(2)11-9-15/h12,14-17,20H,4-11,13H2,1-3H3/t15-,16+,17+,20+/m1/s1. The van der Waals surface area contributed by atoms with Crippen molar-refractivity contribution in [3.05, 3.63) is 18.2 Å². The summed E-state index contributed by atoms with van der Waals surface area (Å²) in [5.74, 6) is 0.240. The predicted molar refractivity (Wildman–Crippen MR) is 106 cm³/mol. The summed E-state index contributed by atoms with van der Waals surface area (Å²) in [5, 5.41) is 0. The van der Waals surface area contributed by atoms with Crippen LogP contribution in [0.3, 0.4) is 0 Å². The first-order chi connectivity index (χ1) is 13.5. The molecule has 3 fully saturated rings. The van der Waals surface area contributed by atoms with Gasteiger partial charge in [0.25, 0.3) is 0 Å². The zero-order chi connectivity index (χ0) is 19.8. The Kier molecular flexibility index (Phi) is 5.45. The largest absolute Gasteiger partial charge is 0.336 e. The Labute approximate surface area is 167 Å². The molecule has 2 amide bonds. The Hall–Kier alpha value is -1.89. The first-order valence-corrected chi connectivity index (χ1v) is 10.8. The van der Waals surface area contributed by atoms with Gasteiger partial charge in [-0.2, -0.15) is 0 Å². The van der Waals surface area contributed by atoms with E-state index in [9.17, 15) is 9.59 Å². The van der Waals surface area contributed by atoms with E-state index >= 15 is 0 Å². The fourth-order valence-electron chi connectivity index (χ4n) is 5.53. The van der Waals surface area contributed by atoms with E-state index in [-0.39, 0.29) is 23.8 Å². The van der Waals surface area contributed by atoms with Crippen LogP contribution in [0.4, 0.5) is 0 Å². The van der Waals surface area contributed by atoms with Crippen molar-refractivity contribution in [1.82, 2.24) is 24.3 Å². The van der Waals surface area contributed by atoms with Crippen LogP contribution in [0.2, 0.25) is 0 Å². The van der Waals surface area contributed by atoms with E-state index in [1.165, 1.54) is 0 Å². The zero-order valence-corrected chi connectivity index (χ0v) is 17.4. The molecule has 0 saturated carbocycles. The van der Waals surface area contributed by atoms with Crippen molar-refractivity contribution in [2.24, 2.45) is 13.0 Å². The number of carbonyl (C=O) groups is 2. The van der Waals surface area contributed by atoms with Gasteiger partial charge in [-0.3, -0.25) is 9.59 Å². The van der Waals surface area contributed by atoms with Crippen LogP contribution in [0.25, 0.3) is 0 Å². The van der Waals surface area contributed by atoms with E-state index in [1.54, 1.807) is 6.33 Å². The summed E-state index contributed by atoms with van der Waals surface area (Å²) < 4.78 is 1.97. The number of amides is 2. The Morgan fingerprint density at radius 1 is 1.18 bits per heavy atom. The lowest BCUT2D eigenvalue weighted by Crippen LogP contribution is -2.52. The summed E-state index contributed by atoms with van der Waals surface area (Å²) in [6, 6.07) is 0.461. The number of nitrogens with zero attached hydrogens (tertiary/aromatic N) is 5. The number of aromatic nitrogens is 2. The van der Waals surface area contributed by atoms with Gasteiger partial charge in [-0.05, 0) is 45.7 Å². The highest BCUT2D eigenvalue weighted by Crippen LogP contribution is 2.40. The monoisotopic (exact) mass is 387 g/mol. The van der Waals surface area contributed by atoms with Crippen LogP contribution in [0.5, 0.6) is 0 Å². The summed E-state index contributed by atoms with van der Waals surface area (Å²) in [5.41, 5.74) is 0.971. The average Bonchev–Trinajstić information content (AvgIpc) is 3.22. The van der Waals surface area contributed by atoms with Crippen LogP contribution in [0, 0.1) is 5.92 Å². The maximum absolute atomic E-state index is 13.9. The number of hydrogen-bond donors (Lipinski definition) is 0. The zero-order valence-electron chi connectivity index (χ0n) is 17.4. The molecule has 0 N–H and O–H groups in total. The molecule has 3 aliphatic rings. The molecule has 3 saturated heterocycles. The Bertz CT molecular complexity index is 732. The summed E-state index contributed by atoms with van der Waals surface area (Å²) in [4.78, 5) is 37.4. The van der Waals surface area contributed by atoms with Gasteiger partial charge in [0, 0.05) is 38.6 Å². The highest BCUT2D eigenvalue weighted by atomic mass is 16.2. The van der Waals surface area contributed by atoms with Crippen molar-refractivity contribution in [1.29, 1.82) is 0 Å². The number of fused-ring (bicyclic) bond motifs is 2. The highest BCUT2D eigenvalue weighted by molar-refractivity contribution is 5.85. The number of carbonyl (C=O) groups excluding carboxylic acids is 2. The predicted octanol–water partition coefficient (Wildman–Crippen LogP) is 1.80. The molecule has 4 atom stereocenters. The van der Waals surface area contributed by atoms with E-state index in [1.807, 2.05) is 22.7 Å². The minimum Gasteiger partial charge on any atom is -0.336 e. The van der Waals surface area contributed by atoms with Crippen molar-refractivity contribution in [2.45, 2.75) is 63.6 Å². The fourth-order valence-corrected chi connectivity index (χ4v) is 5.53. The van der Waals surface area contributed by atoms with E-state index in [0.717, 1.165) is 44.5 Å². The molecule has 1 aromatic heterocycles. The van der Waals surface area contributed by atoms with Gasteiger partial charge in [0.2, 0.25) is 11.8 Å². The molecule has 4 heterocycles. The maximum atomic E-state index is 13.9.